The largest absolute Gasteiger partial charge is 0.507 e. The molecule has 1 aliphatic heterocycles. The van der Waals surface area contributed by atoms with Gasteiger partial charge < -0.3 is 24.2 Å². The number of carbonyl (C=O) groups is 2. The van der Waals surface area contributed by atoms with Crippen LogP contribution in [0.4, 0.5) is 0 Å². The number of nitrogens with zero attached hydrogens (tertiary/aromatic N) is 2. The van der Waals surface area contributed by atoms with Gasteiger partial charge in [-0.15, -0.1) is 0 Å². The number of aliphatic hydroxyl groups excluding tert-OH is 1. The standard InChI is InChI=1S/C31H34N2O6/c1-4-6-16-39-25-13-12-22(18-26(25)37-3)28-27(29(34)23-10-7-11-24(17-23)38-15-5-2)30(35)31(36)33(28)20-21-9-8-14-32-19-21/h7-14,17-19,28,34H,4-6,15-16,20H2,1-3H3/b29-27+. The van der Waals surface area contributed by atoms with Crippen molar-refractivity contribution in [1.29, 1.82) is 0 Å². The van der Waals surface area contributed by atoms with E-state index in [4.69, 9.17) is 14.2 Å². The number of hydrogen-bond acceptors (Lipinski definition) is 7. The van der Waals surface area contributed by atoms with E-state index in [0.717, 1.165) is 24.8 Å². The monoisotopic (exact) mass is 530 g/mol. The van der Waals surface area contributed by atoms with Crippen LogP contribution in [0.15, 0.2) is 72.6 Å². The number of likely N-dealkylation sites (tertiary alicyclic amines) is 1. The van der Waals surface area contributed by atoms with E-state index in [9.17, 15) is 14.7 Å². The minimum atomic E-state index is -0.857. The number of unbranched alkanes of at least 4 members (excludes halogenated alkanes) is 1. The highest BCUT2D eigenvalue weighted by Gasteiger charge is 2.46. The fourth-order valence-electron chi connectivity index (χ4n) is 4.49. The number of aliphatic hydroxyl groups is 1. The van der Waals surface area contributed by atoms with Crippen LogP contribution in [0.5, 0.6) is 17.2 Å². The van der Waals surface area contributed by atoms with Gasteiger partial charge >= 0.3 is 0 Å². The first-order valence-corrected chi connectivity index (χ1v) is 13.2. The number of ketones is 1. The summed E-state index contributed by atoms with van der Waals surface area (Å²) in [7, 11) is 1.54. The highest BCUT2D eigenvalue weighted by atomic mass is 16.5. The molecule has 1 aliphatic rings. The molecule has 1 fully saturated rings. The lowest BCUT2D eigenvalue weighted by molar-refractivity contribution is -0.140. The molecule has 0 bridgehead atoms. The van der Waals surface area contributed by atoms with E-state index >= 15 is 0 Å². The third-order valence-corrected chi connectivity index (χ3v) is 6.45. The summed E-state index contributed by atoms with van der Waals surface area (Å²) < 4.78 is 17.2. The molecule has 1 unspecified atom stereocenters. The second-order valence-electron chi connectivity index (χ2n) is 9.28. The molecule has 1 atom stereocenters. The summed E-state index contributed by atoms with van der Waals surface area (Å²) in [6.45, 7) is 5.29. The van der Waals surface area contributed by atoms with Gasteiger partial charge in [0.15, 0.2) is 11.5 Å². The van der Waals surface area contributed by atoms with E-state index in [0.29, 0.717) is 41.6 Å². The Kier molecular flexibility index (Phi) is 9.20. The molecule has 2 heterocycles. The Morgan fingerprint density at radius 2 is 1.82 bits per heavy atom. The number of aromatic nitrogens is 1. The third-order valence-electron chi connectivity index (χ3n) is 6.45. The van der Waals surface area contributed by atoms with Gasteiger partial charge in [-0.25, -0.2) is 0 Å². The molecular weight excluding hydrogens is 496 g/mol. The SMILES string of the molecule is CCCCOc1ccc(C2/C(=C(\O)c3cccc(OCCC)c3)C(=O)C(=O)N2Cc2cccnc2)cc1OC. The Morgan fingerprint density at radius 3 is 2.54 bits per heavy atom. The smallest absolute Gasteiger partial charge is 0.295 e. The number of benzene rings is 2. The highest BCUT2D eigenvalue weighted by molar-refractivity contribution is 6.46. The van der Waals surface area contributed by atoms with Crippen molar-refractivity contribution in [3.05, 3.63) is 89.3 Å². The van der Waals surface area contributed by atoms with Gasteiger partial charge in [-0.1, -0.05) is 44.5 Å². The van der Waals surface area contributed by atoms with Crippen molar-refractivity contribution in [2.75, 3.05) is 20.3 Å². The fourth-order valence-corrected chi connectivity index (χ4v) is 4.49. The highest BCUT2D eigenvalue weighted by Crippen LogP contribution is 2.43. The average molecular weight is 531 g/mol. The van der Waals surface area contributed by atoms with Crippen LogP contribution < -0.4 is 14.2 Å². The number of carbonyl (C=O) groups excluding carboxylic acids is 2. The van der Waals surface area contributed by atoms with Crippen LogP contribution >= 0.6 is 0 Å². The number of hydrogen-bond donors (Lipinski definition) is 1. The predicted octanol–water partition coefficient (Wildman–Crippen LogP) is 5.68. The number of ether oxygens (including phenoxy) is 3. The van der Waals surface area contributed by atoms with E-state index in [1.165, 1.54) is 4.90 Å². The average Bonchev–Trinajstić information content (AvgIpc) is 3.21. The molecule has 8 nitrogen and oxygen atoms in total. The van der Waals surface area contributed by atoms with Crippen molar-refractivity contribution in [3.63, 3.8) is 0 Å². The number of amides is 1. The Labute approximate surface area is 228 Å². The molecule has 1 aromatic heterocycles. The molecule has 4 rings (SSSR count). The van der Waals surface area contributed by atoms with Gasteiger partial charge in [-0.05, 0) is 54.3 Å². The first kappa shape index (κ1) is 27.7. The minimum Gasteiger partial charge on any atom is -0.507 e. The number of rotatable bonds is 12. The van der Waals surface area contributed by atoms with E-state index < -0.39 is 17.7 Å². The van der Waals surface area contributed by atoms with Crippen LogP contribution in [0.1, 0.15) is 55.8 Å². The summed E-state index contributed by atoms with van der Waals surface area (Å²) >= 11 is 0. The molecular formula is C31H34N2O6. The van der Waals surface area contributed by atoms with E-state index in [2.05, 4.69) is 11.9 Å². The summed E-state index contributed by atoms with van der Waals surface area (Å²) in [5.74, 6) is -0.117. The first-order valence-electron chi connectivity index (χ1n) is 13.2. The van der Waals surface area contributed by atoms with Crippen LogP contribution in [0, 0.1) is 0 Å². The second kappa shape index (κ2) is 13.0. The zero-order valence-corrected chi connectivity index (χ0v) is 22.6. The Hall–Kier alpha value is -4.33. The molecule has 39 heavy (non-hydrogen) atoms. The molecule has 204 valence electrons. The van der Waals surface area contributed by atoms with Crippen LogP contribution in [0.25, 0.3) is 5.76 Å². The molecule has 1 saturated heterocycles. The Balaban J connectivity index is 1.81. The number of pyridine rings is 1. The molecule has 0 saturated carbocycles. The lowest BCUT2D eigenvalue weighted by atomic mass is 9.94. The van der Waals surface area contributed by atoms with Gasteiger partial charge in [0.2, 0.25) is 0 Å². The van der Waals surface area contributed by atoms with Crippen LogP contribution in [0.2, 0.25) is 0 Å². The molecule has 8 heteroatoms. The lowest BCUT2D eigenvalue weighted by Gasteiger charge is -2.26. The van der Waals surface area contributed by atoms with Crippen LogP contribution in [-0.2, 0) is 16.1 Å². The Morgan fingerprint density at radius 1 is 0.974 bits per heavy atom. The Bertz CT molecular complexity index is 1340. The summed E-state index contributed by atoms with van der Waals surface area (Å²) in [5.41, 5.74) is 1.75. The van der Waals surface area contributed by atoms with Crippen LogP contribution in [-0.4, -0.2) is 47.0 Å². The zero-order chi connectivity index (χ0) is 27.8. The normalized spacial score (nSPS) is 16.4. The van der Waals surface area contributed by atoms with Gasteiger partial charge in [-0.2, -0.15) is 0 Å². The van der Waals surface area contributed by atoms with Gasteiger partial charge in [0, 0.05) is 24.5 Å². The predicted molar refractivity (Wildman–Crippen MR) is 148 cm³/mol. The van der Waals surface area contributed by atoms with Crippen molar-refractivity contribution in [2.24, 2.45) is 0 Å². The first-order chi connectivity index (χ1) is 19.0. The summed E-state index contributed by atoms with van der Waals surface area (Å²) in [4.78, 5) is 32.4. The van der Waals surface area contributed by atoms with E-state index in [1.54, 1.807) is 68.0 Å². The summed E-state index contributed by atoms with van der Waals surface area (Å²) in [5, 5.41) is 11.5. The molecule has 3 aromatic rings. The molecule has 0 aliphatic carbocycles. The molecule has 0 spiro atoms. The van der Waals surface area contributed by atoms with E-state index in [1.807, 2.05) is 13.0 Å². The van der Waals surface area contributed by atoms with E-state index in [-0.39, 0.29) is 17.9 Å². The summed E-state index contributed by atoms with van der Waals surface area (Å²) in [6.07, 6.45) is 6.02. The van der Waals surface area contributed by atoms with Crippen LogP contribution in [0.3, 0.4) is 0 Å². The quantitative estimate of drug-likeness (QED) is 0.139. The lowest BCUT2D eigenvalue weighted by Crippen LogP contribution is -2.29. The maximum absolute atomic E-state index is 13.4. The zero-order valence-electron chi connectivity index (χ0n) is 22.6. The van der Waals surface area contributed by atoms with Crippen molar-refractivity contribution in [1.82, 2.24) is 9.88 Å². The maximum Gasteiger partial charge on any atom is 0.295 e. The summed E-state index contributed by atoms with van der Waals surface area (Å²) in [6, 6.07) is 15.0. The fraction of sp³-hybridized carbons (Fsp3) is 0.323. The van der Waals surface area contributed by atoms with Gasteiger partial charge in [-0.3, -0.25) is 14.6 Å². The van der Waals surface area contributed by atoms with Gasteiger partial charge in [0.1, 0.15) is 11.5 Å². The van der Waals surface area contributed by atoms with Crippen molar-refractivity contribution >= 4 is 17.4 Å². The third kappa shape index (κ3) is 6.22. The topological polar surface area (TPSA) is 98.2 Å². The van der Waals surface area contributed by atoms with Crippen molar-refractivity contribution in [2.45, 2.75) is 45.7 Å². The minimum absolute atomic E-state index is 0.00163. The second-order valence-corrected chi connectivity index (χ2v) is 9.28. The number of methoxy groups -OCH3 is 1. The molecule has 1 amide bonds. The molecule has 0 radical (unpaired) electrons. The molecule has 2 aromatic carbocycles. The molecule has 1 N–H and O–H groups in total. The van der Waals surface area contributed by atoms with Gasteiger partial charge in [0.05, 0.1) is 31.9 Å². The van der Waals surface area contributed by atoms with Gasteiger partial charge in [0.25, 0.3) is 11.7 Å². The maximum atomic E-state index is 13.4. The van der Waals surface area contributed by atoms with Crippen molar-refractivity contribution < 1.29 is 28.9 Å². The number of Topliss-reactive ketones (excluding diaryl/α,β-unsaturated/α-hetero) is 1. The van der Waals surface area contributed by atoms with Crippen molar-refractivity contribution in [3.8, 4) is 17.2 Å².